The molecule has 4 nitrogen and oxygen atoms in total. The minimum absolute atomic E-state index is 0.0837. The zero-order chi connectivity index (χ0) is 18.4. The van der Waals surface area contributed by atoms with Crippen molar-refractivity contribution in [3.63, 3.8) is 0 Å². The summed E-state index contributed by atoms with van der Waals surface area (Å²) in [6.45, 7) is 1.90. The summed E-state index contributed by atoms with van der Waals surface area (Å²) >= 11 is 0. The summed E-state index contributed by atoms with van der Waals surface area (Å²) in [5.74, 6) is -0.758. The number of phenols is 1. The SMILES string of the molecule is Cc1cc(O)c2c([nH]c3cccc(C(N)=O)c32)c1Cc1cccc(F)c1. The quantitative estimate of drug-likeness (QED) is 0.520. The van der Waals surface area contributed by atoms with E-state index in [2.05, 4.69) is 4.98 Å². The molecule has 1 heterocycles. The van der Waals surface area contributed by atoms with Gasteiger partial charge in [0.1, 0.15) is 11.6 Å². The van der Waals surface area contributed by atoms with Crippen LogP contribution in [0.5, 0.6) is 5.75 Å². The number of H-pyrrole nitrogens is 1. The van der Waals surface area contributed by atoms with Gasteiger partial charge in [0.25, 0.3) is 0 Å². The van der Waals surface area contributed by atoms with Crippen molar-refractivity contribution in [3.05, 3.63) is 76.6 Å². The first-order valence-corrected chi connectivity index (χ1v) is 8.26. The molecule has 0 fully saturated rings. The maximum Gasteiger partial charge on any atom is 0.249 e. The first-order valence-electron chi connectivity index (χ1n) is 8.26. The van der Waals surface area contributed by atoms with Crippen molar-refractivity contribution in [2.75, 3.05) is 0 Å². The molecule has 3 aromatic carbocycles. The standard InChI is InChI=1S/C21H17FN2O2/c1-11-8-17(25)19-18-14(21(23)26)6-3-7-16(18)24-20(19)15(11)10-12-4-2-5-13(22)9-12/h2-9,24-25H,10H2,1H3,(H2,23,26). The summed E-state index contributed by atoms with van der Waals surface area (Å²) in [5, 5.41) is 11.7. The minimum atomic E-state index is -0.553. The number of carbonyl (C=O) groups is 1. The summed E-state index contributed by atoms with van der Waals surface area (Å²) in [5.41, 5.74) is 9.96. The fourth-order valence-electron chi connectivity index (χ4n) is 3.58. The van der Waals surface area contributed by atoms with Gasteiger partial charge in [0, 0.05) is 16.5 Å². The normalized spacial score (nSPS) is 11.3. The Morgan fingerprint density at radius 3 is 2.65 bits per heavy atom. The van der Waals surface area contributed by atoms with E-state index in [9.17, 15) is 14.3 Å². The Balaban J connectivity index is 2.04. The molecule has 0 aliphatic carbocycles. The van der Waals surface area contributed by atoms with Crippen LogP contribution in [0.4, 0.5) is 4.39 Å². The summed E-state index contributed by atoms with van der Waals surface area (Å²) < 4.78 is 13.6. The maximum absolute atomic E-state index is 13.6. The number of carbonyl (C=O) groups excluding carboxylic acids is 1. The van der Waals surface area contributed by atoms with Crippen LogP contribution < -0.4 is 5.73 Å². The number of benzene rings is 3. The van der Waals surface area contributed by atoms with Crippen LogP contribution in [-0.4, -0.2) is 16.0 Å². The molecular formula is C21H17FN2O2. The molecule has 0 atom stereocenters. The van der Waals surface area contributed by atoms with Gasteiger partial charge in [-0.3, -0.25) is 4.79 Å². The smallest absolute Gasteiger partial charge is 0.249 e. The third-order valence-electron chi connectivity index (χ3n) is 4.75. The van der Waals surface area contributed by atoms with Gasteiger partial charge in [-0.1, -0.05) is 18.2 Å². The molecule has 1 amide bonds. The molecule has 0 radical (unpaired) electrons. The number of halogens is 1. The van der Waals surface area contributed by atoms with Gasteiger partial charge in [-0.15, -0.1) is 0 Å². The molecule has 0 bridgehead atoms. The highest BCUT2D eigenvalue weighted by molar-refractivity contribution is 6.19. The lowest BCUT2D eigenvalue weighted by Crippen LogP contribution is -2.11. The molecule has 0 unspecified atom stereocenters. The number of amides is 1. The van der Waals surface area contributed by atoms with E-state index < -0.39 is 5.91 Å². The van der Waals surface area contributed by atoms with Gasteiger partial charge in [0.15, 0.2) is 0 Å². The van der Waals surface area contributed by atoms with Gasteiger partial charge in [-0.2, -0.15) is 0 Å². The first kappa shape index (κ1) is 16.1. The topological polar surface area (TPSA) is 79.1 Å². The monoisotopic (exact) mass is 348 g/mol. The molecule has 0 aliphatic rings. The van der Waals surface area contributed by atoms with E-state index in [0.29, 0.717) is 22.8 Å². The average molecular weight is 348 g/mol. The van der Waals surface area contributed by atoms with Crippen molar-refractivity contribution in [1.29, 1.82) is 0 Å². The van der Waals surface area contributed by atoms with Crippen molar-refractivity contribution >= 4 is 27.7 Å². The largest absolute Gasteiger partial charge is 0.507 e. The zero-order valence-electron chi connectivity index (χ0n) is 14.1. The van der Waals surface area contributed by atoms with Crippen molar-refractivity contribution in [3.8, 4) is 5.75 Å². The van der Waals surface area contributed by atoms with E-state index in [0.717, 1.165) is 27.7 Å². The van der Waals surface area contributed by atoms with E-state index in [4.69, 9.17) is 5.73 Å². The van der Waals surface area contributed by atoms with Crippen LogP contribution in [-0.2, 0) is 6.42 Å². The number of hydrogen-bond acceptors (Lipinski definition) is 2. The van der Waals surface area contributed by atoms with Crippen LogP contribution >= 0.6 is 0 Å². The highest BCUT2D eigenvalue weighted by atomic mass is 19.1. The third kappa shape index (κ3) is 2.49. The zero-order valence-corrected chi connectivity index (χ0v) is 14.1. The highest BCUT2D eigenvalue weighted by Crippen LogP contribution is 2.38. The molecule has 4 aromatic rings. The fraction of sp³-hybridized carbons (Fsp3) is 0.0952. The first-order chi connectivity index (χ1) is 12.5. The third-order valence-corrected chi connectivity index (χ3v) is 4.75. The van der Waals surface area contributed by atoms with Crippen molar-refractivity contribution < 1.29 is 14.3 Å². The molecule has 4 N–H and O–H groups in total. The van der Waals surface area contributed by atoms with Crippen molar-refractivity contribution in [1.82, 2.24) is 4.98 Å². The fourth-order valence-corrected chi connectivity index (χ4v) is 3.58. The van der Waals surface area contributed by atoms with Gasteiger partial charge >= 0.3 is 0 Å². The van der Waals surface area contributed by atoms with Crippen LogP contribution in [0, 0.1) is 12.7 Å². The number of aromatic amines is 1. The Morgan fingerprint density at radius 2 is 1.92 bits per heavy atom. The Hall–Kier alpha value is -3.34. The Bertz CT molecular complexity index is 1180. The molecule has 0 saturated carbocycles. The maximum atomic E-state index is 13.6. The number of nitrogens with one attached hydrogen (secondary N) is 1. The molecule has 0 saturated heterocycles. The number of nitrogens with two attached hydrogens (primary N) is 1. The van der Waals surface area contributed by atoms with Gasteiger partial charge in [0.05, 0.1) is 10.9 Å². The second kappa shape index (κ2) is 5.88. The second-order valence-corrected chi connectivity index (χ2v) is 6.47. The number of rotatable bonds is 3. The molecule has 4 rings (SSSR count). The van der Waals surface area contributed by atoms with E-state index in [1.165, 1.54) is 12.1 Å². The van der Waals surface area contributed by atoms with Crippen LogP contribution in [0.1, 0.15) is 27.0 Å². The van der Waals surface area contributed by atoms with E-state index in [1.54, 1.807) is 24.3 Å². The Morgan fingerprint density at radius 1 is 1.15 bits per heavy atom. The predicted molar refractivity (Wildman–Crippen MR) is 99.9 cm³/mol. The van der Waals surface area contributed by atoms with Gasteiger partial charge in [-0.25, -0.2) is 4.39 Å². The highest BCUT2D eigenvalue weighted by Gasteiger charge is 2.19. The molecule has 5 heteroatoms. The molecular weight excluding hydrogens is 331 g/mol. The summed E-state index contributed by atoms with van der Waals surface area (Å²) in [4.78, 5) is 15.1. The second-order valence-electron chi connectivity index (χ2n) is 6.47. The number of hydrogen-bond donors (Lipinski definition) is 3. The molecule has 130 valence electrons. The summed E-state index contributed by atoms with van der Waals surface area (Å²) in [6, 6.07) is 13.3. The van der Waals surface area contributed by atoms with Crippen LogP contribution in [0.2, 0.25) is 0 Å². The van der Waals surface area contributed by atoms with E-state index in [-0.39, 0.29) is 11.6 Å². The average Bonchev–Trinajstić information content (AvgIpc) is 2.98. The van der Waals surface area contributed by atoms with Crippen LogP contribution in [0.3, 0.4) is 0 Å². The number of aromatic nitrogens is 1. The molecule has 1 aromatic heterocycles. The Labute approximate surface area is 149 Å². The number of fused-ring (bicyclic) bond motifs is 3. The van der Waals surface area contributed by atoms with Gasteiger partial charge in [0.2, 0.25) is 5.91 Å². The minimum Gasteiger partial charge on any atom is -0.507 e. The lowest BCUT2D eigenvalue weighted by atomic mass is 9.96. The number of aryl methyl sites for hydroxylation is 1. The Kier molecular flexibility index (Phi) is 3.65. The van der Waals surface area contributed by atoms with Crippen LogP contribution in [0.15, 0.2) is 48.5 Å². The summed E-state index contributed by atoms with van der Waals surface area (Å²) in [6.07, 6.45) is 0.499. The van der Waals surface area contributed by atoms with E-state index in [1.807, 2.05) is 19.1 Å². The van der Waals surface area contributed by atoms with Crippen molar-refractivity contribution in [2.45, 2.75) is 13.3 Å². The van der Waals surface area contributed by atoms with Gasteiger partial charge < -0.3 is 15.8 Å². The number of phenolic OH excluding ortho intramolecular Hbond substituents is 1. The number of primary amides is 1. The predicted octanol–water partition coefficient (Wildman–Crippen LogP) is 4.16. The summed E-state index contributed by atoms with van der Waals surface area (Å²) in [7, 11) is 0. The molecule has 0 aliphatic heterocycles. The van der Waals surface area contributed by atoms with Gasteiger partial charge in [-0.05, 0) is 60.4 Å². The lowest BCUT2D eigenvalue weighted by molar-refractivity contribution is 0.100. The van der Waals surface area contributed by atoms with E-state index >= 15 is 0 Å². The number of aromatic hydroxyl groups is 1. The van der Waals surface area contributed by atoms with Crippen LogP contribution in [0.25, 0.3) is 21.8 Å². The molecule has 26 heavy (non-hydrogen) atoms. The lowest BCUT2D eigenvalue weighted by Gasteiger charge is -2.10. The van der Waals surface area contributed by atoms with Crippen molar-refractivity contribution in [2.24, 2.45) is 5.73 Å². The molecule has 0 spiro atoms.